The topological polar surface area (TPSA) is 82.6 Å². The van der Waals surface area contributed by atoms with Crippen molar-refractivity contribution in [2.24, 2.45) is 0 Å². The Morgan fingerprint density at radius 1 is 1.11 bits per heavy atom. The van der Waals surface area contributed by atoms with E-state index in [1.54, 1.807) is 13.0 Å². The molecule has 0 fully saturated rings. The molecule has 0 aliphatic heterocycles. The van der Waals surface area contributed by atoms with Crippen LogP contribution in [0, 0.1) is 6.92 Å². The number of benzene rings is 2. The number of pyridine rings is 1. The van der Waals surface area contributed by atoms with Crippen LogP contribution in [0.15, 0.2) is 53.6 Å². The van der Waals surface area contributed by atoms with Gasteiger partial charge in [0, 0.05) is 24.6 Å². The number of hydrogen-bond acceptors (Lipinski definition) is 6. The third-order valence-corrected chi connectivity index (χ3v) is 5.96. The minimum atomic E-state index is -3.32. The van der Waals surface area contributed by atoms with Gasteiger partial charge in [-0.25, -0.2) is 13.4 Å². The average Bonchev–Trinajstić information content (AvgIpc) is 2.67. The summed E-state index contributed by atoms with van der Waals surface area (Å²) in [5.41, 5.74) is 1.86. The van der Waals surface area contributed by atoms with E-state index in [4.69, 9.17) is 9.47 Å². The van der Waals surface area contributed by atoms with Crippen molar-refractivity contribution < 1.29 is 22.7 Å². The number of esters is 1. The second kappa shape index (κ2) is 7.98. The Morgan fingerprint density at radius 2 is 1.89 bits per heavy atom. The highest BCUT2D eigenvalue weighted by molar-refractivity contribution is 7.91. The molecule has 0 N–H and O–H groups in total. The van der Waals surface area contributed by atoms with Crippen molar-refractivity contribution in [2.45, 2.75) is 32.3 Å². The highest BCUT2D eigenvalue weighted by Crippen LogP contribution is 2.32. The molecule has 0 aliphatic carbocycles. The van der Waals surface area contributed by atoms with Gasteiger partial charge in [-0.1, -0.05) is 24.6 Å². The molecule has 0 atom stereocenters. The summed E-state index contributed by atoms with van der Waals surface area (Å²) >= 11 is 0. The lowest BCUT2D eigenvalue weighted by atomic mass is 10.0. The largest absolute Gasteiger partial charge is 0.461 e. The Balaban J connectivity index is 1.98. The number of sulfone groups is 1. The maximum Gasteiger partial charge on any atom is 0.302 e. The van der Waals surface area contributed by atoms with Gasteiger partial charge in [0.2, 0.25) is 5.88 Å². The van der Waals surface area contributed by atoms with Gasteiger partial charge in [0.25, 0.3) is 0 Å². The van der Waals surface area contributed by atoms with Crippen molar-refractivity contribution in [1.82, 2.24) is 4.98 Å². The van der Waals surface area contributed by atoms with Crippen LogP contribution in [0.2, 0.25) is 0 Å². The number of rotatable bonds is 6. The minimum Gasteiger partial charge on any atom is -0.461 e. The van der Waals surface area contributed by atoms with Gasteiger partial charge in [0.05, 0.1) is 10.6 Å². The van der Waals surface area contributed by atoms with Crippen LogP contribution < -0.4 is 4.74 Å². The predicted molar refractivity (Wildman–Crippen MR) is 106 cm³/mol. The van der Waals surface area contributed by atoms with Crippen molar-refractivity contribution in [3.63, 3.8) is 0 Å². The Kier molecular flexibility index (Phi) is 5.65. The SMILES string of the molecule is CCS(=O)(=O)c1ccc(Oc2cc(COC(C)=O)cc3ccc(C)cc23)nc1. The van der Waals surface area contributed by atoms with Gasteiger partial charge in [-0.15, -0.1) is 0 Å². The summed E-state index contributed by atoms with van der Waals surface area (Å²) < 4.78 is 34.9. The molecule has 0 radical (unpaired) electrons. The first kappa shape index (κ1) is 19.8. The zero-order chi connectivity index (χ0) is 20.3. The number of carbonyl (C=O) groups excluding carboxylic acids is 1. The van der Waals surface area contributed by atoms with E-state index < -0.39 is 9.84 Å². The van der Waals surface area contributed by atoms with Crippen molar-refractivity contribution in [1.29, 1.82) is 0 Å². The summed E-state index contributed by atoms with van der Waals surface area (Å²) in [6.45, 7) is 5.07. The first-order valence-corrected chi connectivity index (χ1v) is 10.5. The summed E-state index contributed by atoms with van der Waals surface area (Å²) in [5, 5.41) is 1.83. The molecular weight excluding hydrogens is 378 g/mol. The minimum absolute atomic E-state index is 0.0109. The van der Waals surface area contributed by atoms with Crippen LogP contribution in [-0.4, -0.2) is 25.1 Å². The smallest absolute Gasteiger partial charge is 0.302 e. The Morgan fingerprint density at radius 3 is 2.54 bits per heavy atom. The molecule has 28 heavy (non-hydrogen) atoms. The molecule has 146 valence electrons. The van der Waals surface area contributed by atoms with Crippen LogP contribution in [0.4, 0.5) is 0 Å². The maximum absolute atomic E-state index is 11.9. The van der Waals surface area contributed by atoms with E-state index >= 15 is 0 Å². The van der Waals surface area contributed by atoms with E-state index in [0.29, 0.717) is 5.75 Å². The highest BCUT2D eigenvalue weighted by atomic mass is 32.2. The van der Waals surface area contributed by atoms with E-state index in [9.17, 15) is 13.2 Å². The molecule has 1 heterocycles. The number of aryl methyl sites for hydroxylation is 1. The molecule has 1 aromatic heterocycles. The molecule has 0 bridgehead atoms. The number of hydrogen-bond donors (Lipinski definition) is 0. The molecule has 0 saturated heterocycles. The Labute approximate surface area is 164 Å². The molecule has 0 saturated carbocycles. The van der Waals surface area contributed by atoms with Crippen molar-refractivity contribution in [3.05, 3.63) is 59.8 Å². The molecule has 3 aromatic rings. The fourth-order valence-corrected chi connectivity index (χ4v) is 3.56. The highest BCUT2D eigenvalue weighted by Gasteiger charge is 2.13. The van der Waals surface area contributed by atoms with E-state index in [1.807, 2.05) is 31.2 Å². The maximum atomic E-state index is 11.9. The molecule has 0 amide bonds. The monoisotopic (exact) mass is 399 g/mol. The third-order valence-electron chi connectivity index (χ3n) is 4.24. The van der Waals surface area contributed by atoms with Crippen LogP contribution in [0.25, 0.3) is 10.8 Å². The molecular formula is C21H21NO5S. The number of ether oxygens (including phenoxy) is 2. The fourth-order valence-electron chi connectivity index (χ4n) is 2.74. The molecule has 7 heteroatoms. The van der Waals surface area contributed by atoms with Crippen molar-refractivity contribution >= 4 is 26.6 Å². The van der Waals surface area contributed by atoms with Crippen LogP contribution in [0.3, 0.4) is 0 Å². The van der Waals surface area contributed by atoms with E-state index in [1.165, 1.54) is 25.3 Å². The van der Waals surface area contributed by atoms with Gasteiger partial charge in [-0.2, -0.15) is 0 Å². The molecule has 0 spiro atoms. The van der Waals surface area contributed by atoms with Crippen molar-refractivity contribution in [2.75, 3.05) is 5.75 Å². The van der Waals surface area contributed by atoms with Crippen LogP contribution >= 0.6 is 0 Å². The lowest BCUT2D eigenvalue weighted by Crippen LogP contribution is -2.04. The number of nitrogens with zero attached hydrogens (tertiary/aromatic N) is 1. The quantitative estimate of drug-likeness (QED) is 0.578. The summed E-state index contributed by atoms with van der Waals surface area (Å²) in [6, 6.07) is 12.7. The fraction of sp³-hybridized carbons (Fsp3) is 0.238. The summed E-state index contributed by atoms with van der Waals surface area (Å²) in [6.07, 6.45) is 1.30. The number of fused-ring (bicyclic) bond motifs is 1. The summed E-state index contributed by atoms with van der Waals surface area (Å²) in [5.74, 6) is 0.488. The van der Waals surface area contributed by atoms with Gasteiger partial charge in [0.15, 0.2) is 9.84 Å². The van der Waals surface area contributed by atoms with Gasteiger partial charge >= 0.3 is 5.97 Å². The molecule has 3 rings (SSSR count). The second-order valence-electron chi connectivity index (χ2n) is 6.44. The molecule has 2 aromatic carbocycles. The summed E-state index contributed by atoms with van der Waals surface area (Å²) in [4.78, 5) is 15.4. The second-order valence-corrected chi connectivity index (χ2v) is 8.71. The van der Waals surface area contributed by atoms with E-state index in [0.717, 1.165) is 21.9 Å². The molecule has 0 aliphatic rings. The first-order chi connectivity index (χ1) is 13.3. The lowest BCUT2D eigenvalue weighted by molar-refractivity contribution is -0.142. The zero-order valence-corrected chi connectivity index (χ0v) is 16.7. The first-order valence-electron chi connectivity index (χ1n) is 8.82. The number of aromatic nitrogens is 1. The predicted octanol–water partition coefficient (Wildman–Crippen LogP) is 4.19. The Hall–Kier alpha value is -2.93. The van der Waals surface area contributed by atoms with Crippen LogP contribution in [0.5, 0.6) is 11.6 Å². The summed E-state index contributed by atoms with van der Waals surface area (Å²) in [7, 11) is -3.32. The number of carbonyl (C=O) groups is 1. The lowest BCUT2D eigenvalue weighted by Gasteiger charge is -2.12. The van der Waals surface area contributed by atoms with Gasteiger partial charge < -0.3 is 9.47 Å². The normalized spacial score (nSPS) is 11.4. The standard InChI is InChI=1S/C21H21NO5S/c1-4-28(24,25)18-7-8-21(22-12-18)27-20-11-16(13-26-15(3)23)10-17-6-5-14(2)9-19(17)20/h5-12H,4,13H2,1-3H3. The molecule has 6 nitrogen and oxygen atoms in total. The van der Waals surface area contributed by atoms with E-state index in [-0.39, 0.29) is 29.1 Å². The van der Waals surface area contributed by atoms with E-state index in [2.05, 4.69) is 4.98 Å². The zero-order valence-electron chi connectivity index (χ0n) is 15.9. The Bertz CT molecular complexity index is 1120. The van der Waals surface area contributed by atoms with Crippen molar-refractivity contribution in [3.8, 4) is 11.6 Å². The van der Waals surface area contributed by atoms with Gasteiger partial charge in [-0.05, 0) is 42.1 Å². The van der Waals surface area contributed by atoms with Gasteiger partial charge in [0.1, 0.15) is 12.4 Å². The van der Waals surface area contributed by atoms with Crippen LogP contribution in [0.1, 0.15) is 25.0 Å². The average molecular weight is 399 g/mol. The van der Waals surface area contributed by atoms with Crippen LogP contribution in [-0.2, 0) is 26.0 Å². The van der Waals surface area contributed by atoms with Gasteiger partial charge in [-0.3, -0.25) is 4.79 Å². The third kappa shape index (κ3) is 4.48. The molecule has 0 unspecified atom stereocenters.